The van der Waals surface area contributed by atoms with Gasteiger partial charge in [0.25, 0.3) is 5.91 Å². The summed E-state index contributed by atoms with van der Waals surface area (Å²) >= 11 is 0. The van der Waals surface area contributed by atoms with Gasteiger partial charge in [-0.3, -0.25) is 4.79 Å². The van der Waals surface area contributed by atoms with Crippen molar-refractivity contribution in [1.82, 2.24) is 25.5 Å². The highest BCUT2D eigenvalue weighted by Gasteiger charge is 2.20. The Morgan fingerprint density at radius 1 is 1.18 bits per heavy atom. The molecule has 1 atom stereocenters. The smallest absolute Gasteiger partial charge is 0.251 e. The van der Waals surface area contributed by atoms with Gasteiger partial charge in [0.15, 0.2) is 11.5 Å². The summed E-state index contributed by atoms with van der Waals surface area (Å²) in [5, 5.41) is 14.3. The minimum Gasteiger partial charge on any atom is -0.486 e. The number of nitrogens with zero attached hydrogens (tertiary/aromatic N) is 4. The summed E-state index contributed by atoms with van der Waals surface area (Å²) in [4.78, 5) is 12.3. The van der Waals surface area contributed by atoms with Crippen molar-refractivity contribution in [2.75, 3.05) is 13.2 Å². The van der Waals surface area contributed by atoms with Gasteiger partial charge in [-0.15, -0.1) is 5.10 Å². The quantitative estimate of drug-likeness (QED) is 0.704. The summed E-state index contributed by atoms with van der Waals surface area (Å²) < 4.78 is 13.3. The lowest BCUT2D eigenvalue weighted by Crippen LogP contribution is -2.34. The number of carbonyl (C=O) groups is 1. The molecule has 0 fully saturated rings. The van der Waals surface area contributed by atoms with Crippen LogP contribution in [0.4, 0.5) is 0 Å². The second-order valence-electron chi connectivity index (χ2n) is 6.62. The summed E-state index contributed by atoms with van der Waals surface area (Å²) in [6.07, 6.45) is 0.605. The Labute approximate surface area is 162 Å². The van der Waals surface area contributed by atoms with Crippen molar-refractivity contribution in [3.63, 3.8) is 0 Å². The molecule has 2 aromatic carbocycles. The van der Waals surface area contributed by atoms with Crippen LogP contribution in [0.2, 0.25) is 0 Å². The predicted molar refractivity (Wildman–Crippen MR) is 101 cm³/mol. The van der Waals surface area contributed by atoms with E-state index >= 15 is 0 Å². The first kappa shape index (κ1) is 18.0. The highest BCUT2D eigenvalue weighted by molar-refractivity contribution is 5.94. The topological polar surface area (TPSA) is 91.2 Å². The molecular formula is C20H21N5O3. The maximum atomic E-state index is 12.3. The van der Waals surface area contributed by atoms with Gasteiger partial charge in [-0.2, -0.15) is 0 Å². The fourth-order valence-electron chi connectivity index (χ4n) is 2.98. The Hall–Kier alpha value is -3.42. The fraction of sp³-hybridized carbons (Fsp3) is 0.300. The van der Waals surface area contributed by atoms with E-state index in [1.54, 1.807) is 16.8 Å². The Morgan fingerprint density at radius 3 is 2.71 bits per heavy atom. The van der Waals surface area contributed by atoms with Crippen molar-refractivity contribution < 1.29 is 14.3 Å². The molecule has 28 heavy (non-hydrogen) atoms. The summed E-state index contributed by atoms with van der Waals surface area (Å²) in [6, 6.07) is 15.0. The number of nitrogens with one attached hydrogen (secondary N) is 1. The first-order valence-electron chi connectivity index (χ1n) is 9.17. The Bertz CT molecular complexity index is 954. The Kier molecular flexibility index (Phi) is 5.18. The van der Waals surface area contributed by atoms with E-state index in [0.29, 0.717) is 31.7 Å². The van der Waals surface area contributed by atoms with E-state index in [2.05, 4.69) is 20.8 Å². The van der Waals surface area contributed by atoms with E-state index in [9.17, 15) is 4.79 Å². The number of amides is 1. The number of hydrogen-bond acceptors (Lipinski definition) is 6. The Balaban J connectivity index is 1.26. The highest BCUT2D eigenvalue weighted by atomic mass is 16.6. The maximum absolute atomic E-state index is 12.3. The van der Waals surface area contributed by atoms with Crippen LogP contribution in [0.15, 0.2) is 48.5 Å². The maximum Gasteiger partial charge on any atom is 0.251 e. The van der Waals surface area contributed by atoms with Crippen molar-refractivity contribution >= 4 is 5.91 Å². The van der Waals surface area contributed by atoms with Crippen molar-refractivity contribution in [3.05, 3.63) is 65.5 Å². The summed E-state index contributed by atoms with van der Waals surface area (Å²) in [6.45, 7) is 3.42. The number of fused-ring (bicyclic) bond motifs is 1. The third-order valence-corrected chi connectivity index (χ3v) is 4.58. The Morgan fingerprint density at radius 2 is 1.96 bits per heavy atom. The van der Waals surface area contributed by atoms with Gasteiger partial charge in [0.1, 0.15) is 18.5 Å². The fourth-order valence-corrected chi connectivity index (χ4v) is 2.98. The standard InChI is InChI=1S/C20H21N5O3/c1-14-22-23-24-25(14)12-15-6-8-16(9-7-15)20(26)21-11-10-17-13-27-18-4-2-3-5-19(18)28-17/h2-9,17H,10-13H2,1H3,(H,21,26)/t17-/m0/s1. The number of hydrogen-bond donors (Lipinski definition) is 1. The molecule has 1 N–H and O–H groups in total. The van der Waals surface area contributed by atoms with Crippen LogP contribution in [0.1, 0.15) is 28.2 Å². The van der Waals surface area contributed by atoms with Crippen molar-refractivity contribution in [1.29, 1.82) is 0 Å². The molecule has 4 rings (SSSR count). The molecule has 0 radical (unpaired) electrons. The van der Waals surface area contributed by atoms with Gasteiger partial charge in [-0.1, -0.05) is 24.3 Å². The van der Waals surface area contributed by atoms with E-state index in [-0.39, 0.29) is 12.0 Å². The number of ether oxygens (including phenoxy) is 2. The third kappa shape index (κ3) is 4.11. The lowest BCUT2D eigenvalue weighted by molar-refractivity contribution is 0.0813. The highest BCUT2D eigenvalue weighted by Crippen LogP contribution is 2.31. The monoisotopic (exact) mass is 379 g/mol. The van der Waals surface area contributed by atoms with E-state index < -0.39 is 0 Å². The van der Waals surface area contributed by atoms with Gasteiger partial charge >= 0.3 is 0 Å². The molecular weight excluding hydrogens is 358 g/mol. The molecule has 3 aromatic rings. The van der Waals surface area contributed by atoms with Crippen LogP contribution in [0.3, 0.4) is 0 Å². The number of para-hydroxylation sites is 2. The molecule has 1 amide bonds. The molecule has 0 saturated carbocycles. The van der Waals surface area contributed by atoms with Crippen LogP contribution in [0.5, 0.6) is 11.5 Å². The molecule has 1 aliphatic heterocycles. The summed E-state index contributed by atoms with van der Waals surface area (Å²) in [5.74, 6) is 2.15. The molecule has 144 valence electrons. The minimum atomic E-state index is -0.109. The molecule has 8 nitrogen and oxygen atoms in total. The molecule has 1 aliphatic rings. The second kappa shape index (κ2) is 8.08. The number of tetrazole rings is 1. The average Bonchev–Trinajstić information content (AvgIpc) is 3.13. The summed E-state index contributed by atoms with van der Waals surface area (Å²) in [7, 11) is 0. The zero-order valence-corrected chi connectivity index (χ0v) is 15.5. The minimum absolute atomic E-state index is 0.0721. The zero-order chi connectivity index (χ0) is 19.3. The van der Waals surface area contributed by atoms with Crippen molar-refractivity contribution in [2.45, 2.75) is 26.0 Å². The van der Waals surface area contributed by atoms with Gasteiger partial charge in [-0.05, 0) is 47.2 Å². The second-order valence-corrected chi connectivity index (χ2v) is 6.62. The SMILES string of the molecule is Cc1nnnn1Cc1ccc(C(=O)NCC[C@H]2COc3ccccc3O2)cc1. The first-order valence-corrected chi connectivity index (χ1v) is 9.17. The normalized spacial score (nSPS) is 15.2. The molecule has 0 spiro atoms. The number of aryl methyl sites for hydroxylation is 1. The van der Waals surface area contributed by atoms with Gasteiger partial charge in [-0.25, -0.2) is 4.68 Å². The van der Waals surface area contributed by atoms with Crippen molar-refractivity contribution in [2.24, 2.45) is 0 Å². The first-order chi connectivity index (χ1) is 13.7. The van der Waals surface area contributed by atoms with Crippen LogP contribution in [-0.2, 0) is 6.54 Å². The van der Waals surface area contributed by atoms with E-state index in [4.69, 9.17) is 9.47 Å². The van der Waals surface area contributed by atoms with E-state index in [1.165, 1.54) is 0 Å². The van der Waals surface area contributed by atoms with Gasteiger partial charge in [0.2, 0.25) is 0 Å². The van der Waals surface area contributed by atoms with Crippen LogP contribution >= 0.6 is 0 Å². The number of aromatic nitrogens is 4. The van der Waals surface area contributed by atoms with E-state index in [0.717, 1.165) is 22.9 Å². The molecule has 0 bridgehead atoms. The van der Waals surface area contributed by atoms with Gasteiger partial charge in [0, 0.05) is 18.5 Å². The summed E-state index contributed by atoms with van der Waals surface area (Å²) in [5.41, 5.74) is 1.64. The number of benzene rings is 2. The molecule has 0 saturated heterocycles. The molecule has 2 heterocycles. The van der Waals surface area contributed by atoms with Crippen molar-refractivity contribution in [3.8, 4) is 11.5 Å². The lowest BCUT2D eigenvalue weighted by Gasteiger charge is -2.26. The van der Waals surface area contributed by atoms with Crippen LogP contribution < -0.4 is 14.8 Å². The lowest BCUT2D eigenvalue weighted by atomic mass is 10.1. The zero-order valence-electron chi connectivity index (χ0n) is 15.5. The van der Waals surface area contributed by atoms with E-state index in [1.807, 2.05) is 43.3 Å². The molecule has 1 aromatic heterocycles. The van der Waals surface area contributed by atoms with Gasteiger partial charge < -0.3 is 14.8 Å². The number of carbonyl (C=O) groups excluding carboxylic acids is 1. The number of rotatable bonds is 6. The van der Waals surface area contributed by atoms with Crippen LogP contribution in [-0.4, -0.2) is 45.4 Å². The molecule has 0 unspecified atom stereocenters. The average molecular weight is 379 g/mol. The van der Waals surface area contributed by atoms with Gasteiger partial charge in [0.05, 0.1) is 6.54 Å². The molecule has 0 aliphatic carbocycles. The van der Waals surface area contributed by atoms with Crippen LogP contribution in [0, 0.1) is 6.92 Å². The van der Waals surface area contributed by atoms with Crippen LogP contribution in [0.25, 0.3) is 0 Å². The predicted octanol–water partition coefficient (Wildman–Crippen LogP) is 1.99. The molecule has 8 heteroatoms. The third-order valence-electron chi connectivity index (χ3n) is 4.58. The largest absolute Gasteiger partial charge is 0.486 e.